The molecule has 0 radical (unpaired) electrons. The topological polar surface area (TPSA) is 108 Å². The summed E-state index contributed by atoms with van der Waals surface area (Å²) in [5, 5.41) is 25.5. The van der Waals surface area contributed by atoms with Crippen molar-refractivity contribution in [2.24, 2.45) is 0 Å². The predicted molar refractivity (Wildman–Crippen MR) is 89.2 cm³/mol. The number of carbonyl (C=O) groups excluding carboxylic acids is 1. The average molecular weight is 324 g/mol. The standard InChI is InChI=1S/C17H16N4O3/c18-11-14-6-7-15(16(10-14)21(23)24)19-9-8-17(22)20-12-13-4-2-1-3-5-13/h1-7,10,19H,8-9,12H2,(H,20,22). The number of hydrogen-bond donors (Lipinski definition) is 2. The van der Waals surface area contributed by atoms with E-state index in [0.717, 1.165) is 5.56 Å². The van der Waals surface area contributed by atoms with E-state index >= 15 is 0 Å². The Morgan fingerprint density at radius 1 is 1.21 bits per heavy atom. The van der Waals surface area contributed by atoms with Crippen LogP contribution in [0.2, 0.25) is 0 Å². The Labute approximate surface area is 139 Å². The lowest BCUT2D eigenvalue weighted by Crippen LogP contribution is -2.24. The van der Waals surface area contributed by atoms with Crippen LogP contribution in [-0.4, -0.2) is 17.4 Å². The zero-order chi connectivity index (χ0) is 17.4. The van der Waals surface area contributed by atoms with E-state index in [0.29, 0.717) is 6.54 Å². The number of rotatable bonds is 7. The molecule has 0 unspecified atom stereocenters. The van der Waals surface area contributed by atoms with Gasteiger partial charge in [-0.15, -0.1) is 0 Å². The van der Waals surface area contributed by atoms with Gasteiger partial charge in [-0.1, -0.05) is 30.3 Å². The summed E-state index contributed by atoms with van der Waals surface area (Å²) >= 11 is 0. The molecule has 7 nitrogen and oxygen atoms in total. The molecule has 1 amide bonds. The van der Waals surface area contributed by atoms with Gasteiger partial charge in [0.15, 0.2) is 0 Å². The Balaban J connectivity index is 1.84. The highest BCUT2D eigenvalue weighted by atomic mass is 16.6. The number of amides is 1. The van der Waals surface area contributed by atoms with Gasteiger partial charge in [0, 0.05) is 25.6 Å². The molecule has 0 bridgehead atoms. The second-order valence-electron chi connectivity index (χ2n) is 5.04. The SMILES string of the molecule is N#Cc1ccc(NCCC(=O)NCc2ccccc2)c([N+](=O)[O-])c1. The molecular weight excluding hydrogens is 308 g/mol. The summed E-state index contributed by atoms with van der Waals surface area (Å²) in [6.45, 7) is 0.698. The average Bonchev–Trinajstić information content (AvgIpc) is 2.61. The summed E-state index contributed by atoms with van der Waals surface area (Å²) in [5.41, 5.74) is 1.32. The van der Waals surface area contributed by atoms with Crippen molar-refractivity contribution >= 4 is 17.3 Å². The van der Waals surface area contributed by atoms with Crippen LogP contribution in [0.25, 0.3) is 0 Å². The molecule has 0 aromatic heterocycles. The molecule has 24 heavy (non-hydrogen) atoms. The van der Waals surface area contributed by atoms with Gasteiger partial charge in [0.1, 0.15) is 5.69 Å². The van der Waals surface area contributed by atoms with Crippen molar-refractivity contribution < 1.29 is 9.72 Å². The summed E-state index contributed by atoms with van der Waals surface area (Å²) in [7, 11) is 0. The lowest BCUT2D eigenvalue weighted by Gasteiger charge is -2.08. The molecule has 2 N–H and O–H groups in total. The van der Waals surface area contributed by atoms with Crippen LogP contribution < -0.4 is 10.6 Å². The molecule has 122 valence electrons. The van der Waals surface area contributed by atoms with Gasteiger partial charge < -0.3 is 10.6 Å². The summed E-state index contributed by atoms with van der Waals surface area (Å²) in [5.74, 6) is -0.150. The van der Waals surface area contributed by atoms with Crippen molar-refractivity contribution in [1.29, 1.82) is 5.26 Å². The molecule has 7 heteroatoms. The highest BCUT2D eigenvalue weighted by Crippen LogP contribution is 2.25. The predicted octanol–water partition coefficient (Wildman–Crippen LogP) is 2.58. The van der Waals surface area contributed by atoms with Gasteiger partial charge in [-0.2, -0.15) is 5.26 Å². The minimum absolute atomic E-state index is 0.150. The molecule has 0 aliphatic carbocycles. The van der Waals surface area contributed by atoms with E-state index in [-0.39, 0.29) is 35.8 Å². The second kappa shape index (κ2) is 8.29. The molecule has 2 aromatic carbocycles. The number of nitriles is 1. The first-order valence-corrected chi connectivity index (χ1v) is 7.33. The second-order valence-corrected chi connectivity index (χ2v) is 5.04. The largest absolute Gasteiger partial charge is 0.379 e. The van der Waals surface area contributed by atoms with Gasteiger partial charge in [0.2, 0.25) is 5.91 Å². The maximum absolute atomic E-state index is 11.8. The Bertz CT molecular complexity index is 769. The van der Waals surface area contributed by atoms with E-state index in [9.17, 15) is 14.9 Å². The first-order chi connectivity index (χ1) is 11.6. The van der Waals surface area contributed by atoms with E-state index in [4.69, 9.17) is 5.26 Å². The number of nitrogens with one attached hydrogen (secondary N) is 2. The van der Waals surface area contributed by atoms with Crippen molar-refractivity contribution in [3.8, 4) is 6.07 Å². The molecular formula is C17H16N4O3. The van der Waals surface area contributed by atoms with Crippen LogP contribution in [0.15, 0.2) is 48.5 Å². The van der Waals surface area contributed by atoms with Crippen molar-refractivity contribution in [3.05, 3.63) is 69.8 Å². The molecule has 0 aliphatic rings. The molecule has 0 heterocycles. The summed E-state index contributed by atoms with van der Waals surface area (Å²) in [6, 6.07) is 15.6. The molecule has 0 aliphatic heterocycles. The third kappa shape index (κ3) is 4.81. The van der Waals surface area contributed by atoms with Gasteiger partial charge in [0.25, 0.3) is 5.69 Å². The maximum Gasteiger partial charge on any atom is 0.293 e. The van der Waals surface area contributed by atoms with Crippen molar-refractivity contribution in [2.75, 3.05) is 11.9 Å². The summed E-state index contributed by atoms with van der Waals surface area (Å²) in [4.78, 5) is 22.3. The number of nitrogens with zero attached hydrogens (tertiary/aromatic N) is 2. The number of benzene rings is 2. The smallest absolute Gasteiger partial charge is 0.293 e. The van der Waals surface area contributed by atoms with E-state index in [1.54, 1.807) is 0 Å². The molecule has 2 rings (SSSR count). The molecule has 0 saturated carbocycles. The maximum atomic E-state index is 11.8. The molecule has 0 spiro atoms. The monoisotopic (exact) mass is 324 g/mol. The van der Waals surface area contributed by atoms with Crippen LogP contribution in [0.3, 0.4) is 0 Å². The Morgan fingerprint density at radius 2 is 1.96 bits per heavy atom. The third-order valence-electron chi connectivity index (χ3n) is 3.32. The van der Waals surface area contributed by atoms with Crippen LogP contribution in [0, 0.1) is 21.4 Å². The van der Waals surface area contributed by atoms with Crippen LogP contribution in [0.5, 0.6) is 0 Å². The van der Waals surface area contributed by atoms with Crippen LogP contribution in [0.4, 0.5) is 11.4 Å². The van der Waals surface area contributed by atoms with Crippen molar-refractivity contribution in [1.82, 2.24) is 5.32 Å². The number of nitro groups is 1. The van der Waals surface area contributed by atoms with E-state index in [1.807, 2.05) is 36.4 Å². The summed E-state index contributed by atoms with van der Waals surface area (Å²) in [6.07, 6.45) is 0.185. The minimum Gasteiger partial charge on any atom is -0.379 e. The lowest BCUT2D eigenvalue weighted by atomic mass is 10.2. The lowest BCUT2D eigenvalue weighted by molar-refractivity contribution is -0.384. The first kappa shape index (κ1) is 17.0. The van der Waals surface area contributed by atoms with Crippen LogP contribution >= 0.6 is 0 Å². The molecule has 0 atom stereocenters. The van der Waals surface area contributed by atoms with E-state index in [1.165, 1.54) is 18.2 Å². The van der Waals surface area contributed by atoms with E-state index in [2.05, 4.69) is 10.6 Å². The fourth-order valence-electron chi connectivity index (χ4n) is 2.10. The zero-order valence-electron chi connectivity index (χ0n) is 12.9. The number of nitro benzene ring substituents is 1. The fraction of sp³-hybridized carbons (Fsp3) is 0.176. The number of anilines is 1. The number of carbonyl (C=O) groups is 1. The highest BCUT2D eigenvalue weighted by Gasteiger charge is 2.14. The minimum atomic E-state index is -0.557. The van der Waals surface area contributed by atoms with Gasteiger partial charge in [-0.25, -0.2) is 0 Å². The highest BCUT2D eigenvalue weighted by molar-refractivity contribution is 5.76. The van der Waals surface area contributed by atoms with Gasteiger partial charge >= 0.3 is 0 Å². The van der Waals surface area contributed by atoms with Crippen LogP contribution in [-0.2, 0) is 11.3 Å². The molecule has 0 saturated heterocycles. The van der Waals surface area contributed by atoms with Crippen LogP contribution in [0.1, 0.15) is 17.5 Å². The zero-order valence-corrected chi connectivity index (χ0v) is 12.9. The fourth-order valence-corrected chi connectivity index (χ4v) is 2.10. The number of hydrogen-bond acceptors (Lipinski definition) is 5. The first-order valence-electron chi connectivity index (χ1n) is 7.33. The quantitative estimate of drug-likeness (QED) is 0.601. The summed E-state index contributed by atoms with van der Waals surface area (Å²) < 4.78 is 0. The van der Waals surface area contributed by atoms with Crippen molar-refractivity contribution in [2.45, 2.75) is 13.0 Å². The van der Waals surface area contributed by atoms with Crippen molar-refractivity contribution in [3.63, 3.8) is 0 Å². The van der Waals surface area contributed by atoms with Gasteiger partial charge in [0.05, 0.1) is 16.6 Å². The molecule has 2 aromatic rings. The van der Waals surface area contributed by atoms with Gasteiger partial charge in [-0.05, 0) is 17.7 Å². The Kier molecular flexibility index (Phi) is 5.86. The normalized spacial score (nSPS) is 9.79. The Morgan fingerprint density at radius 3 is 2.62 bits per heavy atom. The Hall–Kier alpha value is -3.40. The molecule has 0 fully saturated rings. The van der Waals surface area contributed by atoms with Gasteiger partial charge in [-0.3, -0.25) is 14.9 Å². The van der Waals surface area contributed by atoms with E-state index < -0.39 is 4.92 Å². The third-order valence-corrected chi connectivity index (χ3v) is 3.32.